The molecule has 0 saturated carbocycles. The summed E-state index contributed by atoms with van der Waals surface area (Å²) >= 11 is 12.7. The molecule has 3 rings (SSSR count). The molecule has 0 fully saturated rings. The van der Waals surface area contributed by atoms with E-state index in [2.05, 4.69) is 5.32 Å². The van der Waals surface area contributed by atoms with Gasteiger partial charge in [-0.25, -0.2) is 8.42 Å². The average molecular weight is 621 g/mol. The van der Waals surface area contributed by atoms with Crippen LogP contribution in [-0.2, 0) is 26.2 Å². The third-order valence-corrected chi connectivity index (χ3v) is 9.33. The van der Waals surface area contributed by atoms with Crippen LogP contribution in [0.2, 0.25) is 10.0 Å². The lowest BCUT2D eigenvalue weighted by atomic mass is 10.1. The van der Waals surface area contributed by atoms with Gasteiger partial charge in [0.25, 0.3) is 10.0 Å². The standard InChI is InChI=1S/C30H35Cl2N3O5S/c1-6-21(3)33-30(37)22(4)34(18-23-9-7-10-24(17-23)40-5)28(36)19-35(27-12-8-11-26(31)29(27)32)41(38,39)25-15-13-20(2)14-16-25/h7-17,21-22H,6,18-19H2,1-5H3,(H,33,37)/t21-,22+/m1/s1. The fourth-order valence-corrected chi connectivity index (χ4v) is 5.93. The van der Waals surface area contributed by atoms with Crippen molar-refractivity contribution in [2.24, 2.45) is 0 Å². The average Bonchev–Trinajstić information content (AvgIpc) is 2.95. The molecule has 0 unspecified atom stereocenters. The molecule has 0 spiro atoms. The van der Waals surface area contributed by atoms with E-state index in [1.54, 1.807) is 49.4 Å². The Kier molecular flexibility index (Phi) is 11.1. The quantitative estimate of drug-likeness (QED) is 0.275. The Hall–Kier alpha value is -3.27. The van der Waals surface area contributed by atoms with Gasteiger partial charge in [-0.15, -0.1) is 0 Å². The summed E-state index contributed by atoms with van der Waals surface area (Å²) in [5.41, 5.74) is 1.62. The maximum Gasteiger partial charge on any atom is 0.264 e. The maximum absolute atomic E-state index is 14.0. The van der Waals surface area contributed by atoms with E-state index in [0.717, 1.165) is 9.87 Å². The van der Waals surface area contributed by atoms with E-state index in [1.807, 2.05) is 20.8 Å². The molecule has 3 aromatic rings. The van der Waals surface area contributed by atoms with Crippen molar-refractivity contribution >= 4 is 50.7 Å². The lowest BCUT2D eigenvalue weighted by Crippen LogP contribution is -2.52. The molecule has 0 heterocycles. The number of aryl methyl sites for hydroxylation is 1. The topological polar surface area (TPSA) is 96.0 Å². The van der Waals surface area contributed by atoms with Gasteiger partial charge in [0.15, 0.2) is 0 Å². The van der Waals surface area contributed by atoms with Crippen molar-refractivity contribution in [2.45, 2.75) is 57.6 Å². The van der Waals surface area contributed by atoms with Gasteiger partial charge in [-0.3, -0.25) is 13.9 Å². The number of hydrogen-bond donors (Lipinski definition) is 1. The van der Waals surface area contributed by atoms with Crippen LogP contribution in [0.5, 0.6) is 5.75 Å². The first-order chi connectivity index (χ1) is 19.4. The van der Waals surface area contributed by atoms with Gasteiger partial charge in [0.1, 0.15) is 18.3 Å². The molecule has 220 valence electrons. The summed E-state index contributed by atoms with van der Waals surface area (Å²) < 4.78 is 34.2. The number of rotatable bonds is 12. The van der Waals surface area contributed by atoms with E-state index >= 15 is 0 Å². The SMILES string of the molecule is CC[C@@H](C)NC(=O)[C@H](C)N(Cc1cccc(OC)c1)C(=O)CN(c1cccc(Cl)c1Cl)S(=O)(=O)c1ccc(C)cc1. The summed E-state index contributed by atoms with van der Waals surface area (Å²) in [5.74, 6) is -0.378. The molecule has 1 N–H and O–H groups in total. The smallest absolute Gasteiger partial charge is 0.264 e. The van der Waals surface area contributed by atoms with Crippen molar-refractivity contribution in [2.75, 3.05) is 18.0 Å². The molecule has 0 aromatic heterocycles. The molecule has 0 aliphatic carbocycles. The highest BCUT2D eigenvalue weighted by Crippen LogP contribution is 2.35. The van der Waals surface area contributed by atoms with Crippen LogP contribution in [0.1, 0.15) is 38.3 Å². The van der Waals surface area contributed by atoms with E-state index in [-0.39, 0.29) is 39.1 Å². The van der Waals surface area contributed by atoms with Crippen molar-refractivity contribution < 1.29 is 22.7 Å². The summed E-state index contributed by atoms with van der Waals surface area (Å²) in [6.07, 6.45) is 0.706. The highest BCUT2D eigenvalue weighted by atomic mass is 35.5. The first-order valence-corrected chi connectivity index (χ1v) is 15.3. The number of nitrogens with one attached hydrogen (secondary N) is 1. The monoisotopic (exact) mass is 619 g/mol. The number of hydrogen-bond acceptors (Lipinski definition) is 5. The molecule has 0 aliphatic rings. The number of nitrogens with zero attached hydrogens (tertiary/aromatic N) is 2. The van der Waals surface area contributed by atoms with Crippen LogP contribution >= 0.6 is 23.2 Å². The zero-order valence-electron chi connectivity index (χ0n) is 23.7. The van der Waals surface area contributed by atoms with Gasteiger partial charge in [-0.2, -0.15) is 0 Å². The van der Waals surface area contributed by atoms with E-state index in [0.29, 0.717) is 17.7 Å². The lowest BCUT2D eigenvalue weighted by Gasteiger charge is -2.32. The van der Waals surface area contributed by atoms with Gasteiger partial charge in [0.05, 0.1) is 27.7 Å². The Morgan fingerprint density at radius 1 is 1.00 bits per heavy atom. The van der Waals surface area contributed by atoms with Crippen molar-refractivity contribution in [1.29, 1.82) is 0 Å². The summed E-state index contributed by atoms with van der Waals surface area (Å²) in [7, 11) is -2.73. The third-order valence-electron chi connectivity index (χ3n) is 6.74. The van der Waals surface area contributed by atoms with Crippen molar-refractivity contribution in [3.8, 4) is 5.75 Å². The highest BCUT2D eigenvalue weighted by molar-refractivity contribution is 7.92. The van der Waals surface area contributed by atoms with Crippen LogP contribution in [0.15, 0.2) is 71.6 Å². The van der Waals surface area contributed by atoms with Gasteiger partial charge in [0, 0.05) is 12.6 Å². The molecule has 0 bridgehead atoms. The number of benzene rings is 3. The molecule has 3 aromatic carbocycles. The molecule has 0 saturated heterocycles. The number of ether oxygens (including phenoxy) is 1. The summed E-state index contributed by atoms with van der Waals surface area (Å²) in [5, 5.41) is 3.03. The second-order valence-corrected chi connectivity index (χ2v) is 12.4. The van der Waals surface area contributed by atoms with Gasteiger partial charge >= 0.3 is 0 Å². The predicted molar refractivity (Wildman–Crippen MR) is 163 cm³/mol. The van der Waals surface area contributed by atoms with Crippen LogP contribution in [0.4, 0.5) is 5.69 Å². The van der Waals surface area contributed by atoms with Gasteiger partial charge in [-0.1, -0.05) is 66.0 Å². The number of amides is 2. The first-order valence-electron chi connectivity index (χ1n) is 13.1. The third kappa shape index (κ3) is 7.93. The van der Waals surface area contributed by atoms with Crippen LogP contribution in [0.3, 0.4) is 0 Å². The maximum atomic E-state index is 14.0. The van der Waals surface area contributed by atoms with Gasteiger partial charge in [0.2, 0.25) is 11.8 Å². The van der Waals surface area contributed by atoms with Gasteiger partial charge < -0.3 is 15.0 Å². The molecule has 2 amide bonds. The minimum absolute atomic E-state index is 0.0143. The van der Waals surface area contributed by atoms with Crippen molar-refractivity contribution in [3.05, 3.63) is 87.9 Å². The number of halogens is 2. The minimum Gasteiger partial charge on any atom is -0.497 e. The summed E-state index contributed by atoms with van der Waals surface area (Å²) in [4.78, 5) is 28.6. The lowest BCUT2D eigenvalue weighted by molar-refractivity contribution is -0.139. The van der Waals surface area contributed by atoms with E-state index < -0.39 is 28.5 Å². The number of anilines is 1. The number of carbonyl (C=O) groups is 2. The second-order valence-electron chi connectivity index (χ2n) is 9.76. The van der Waals surface area contributed by atoms with E-state index in [1.165, 1.54) is 36.3 Å². The number of carbonyl (C=O) groups excluding carboxylic acids is 2. The van der Waals surface area contributed by atoms with Gasteiger partial charge in [-0.05, 0) is 69.2 Å². The Morgan fingerprint density at radius 3 is 2.29 bits per heavy atom. The molecule has 0 aliphatic heterocycles. The molecule has 0 radical (unpaired) electrons. The van der Waals surface area contributed by atoms with E-state index in [4.69, 9.17) is 27.9 Å². The molecule has 11 heteroatoms. The van der Waals surface area contributed by atoms with Crippen molar-refractivity contribution in [3.63, 3.8) is 0 Å². The Labute approximate surface area is 252 Å². The first kappa shape index (κ1) is 32.2. The highest BCUT2D eigenvalue weighted by Gasteiger charge is 2.34. The number of methoxy groups -OCH3 is 1. The fourth-order valence-electron chi connectivity index (χ4n) is 4.05. The number of sulfonamides is 1. The largest absolute Gasteiger partial charge is 0.497 e. The second kappa shape index (κ2) is 14.1. The van der Waals surface area contributed by atoms with Crippen LogP contribution in [0, 0.1) is 6.92 Å². The molecule has 41 heavy (non-hydrogen) atoms. The molecular formula is C30H35Cl2N3O5S. The zero-order chi connectivity index (χ0) is 30.3. The summed E-state index contributed by atoms with van der Waals surface area (Å²) in [6, 6.07) is 16.9. The van der Waals surface area contributed by atoms with Crippen molar-refractivity contribution in [1.82, 2.24) is 10.2 Å². The Bertz CT molecular complexity index is 1480. The minimum atomic E-state index is -4.27. The molecular weight excluding hydrogens is 585 g/mol. The zero-order valence-corrected chi connectivity index (χ0v) is 26.1. The van der Waals surface area contributed by atoms with Crippen LogP contribution < -0.4 is 14.4 Å². The normalized spacial score (nSPS) is 12.8. The van der Waals surface area contributed by atoms with E-state index in [9.17, 15) is 18.0 Å². The predicted octanol–water partition coefficient (Wildman–Crippen LogP) is 5.84. The van der Waals surface area contributed by atoms with Crippen LogP contribution in [0.25, 0.3) is 0 Å². The molecule has 2 atom stereocenters. The fraction of sp³-hybridized carbons (Fsp3) is 0.333. The Morgan fingerprint density at radius 2 is 1.66 bits per heavy atom. The van der Waals surface area contributed by atoms with Crippen LogP contribution in [-0.4, -0.2) is 50.9 Å². The Balaban J connectivity index is 2.08. The summed E-state index contributed by atoms with van der Waals surface area (Å²) in [6.45, 7) is 6.68. The molecule has 8 nitrogen and oxygen atoms in total.